The average Bonchev–Trinajstić information content (AvgIpc) is 2.23. The molecule has 0 unspecified atom stereocenters. The minimum atomic E-state index is -0.518. The second-order valence-electron chi connectivity index (χ2n) is 2.71. The molecule has 0 fully saturated rings. The van der Waals surface area contributed by atoms with E-state index in [2.05, 4.69) is 20.8 Å². The third-order valence-corrected chi connectivity index (χ3v) is 2.43. The third kappa shape index (κ3) is 2.39. The van der Waals surface area contributed by atoms with Crippen molar-refractivity contribution >= 4 is 15.9 Å². The van der Waals surface area contributed by atoms with E-state index >= 15 is 0 Å². The second-order valence-corrected chi connectivity index (χ2v) is 3.56. The Morgan fingerprint density at radius 1 is 1.33 bits per heavy atom. The van der Waals surface area contributed by atoms with Gasteiger partial charge in [-0.1, -0.05) is 0 Å². The molecule has 0 aliphatic heterocycles. The summed E-state index contributed by atoms with van der Waals surface area (Å²) in [5, 5.41) is 0. The Morgan fingerprint density at radius 2 is 1.93 bits per heavy atom. The lowest BCUT2D eigenvalue weighted by Crippen LogP contribution is -2.04. The van der Waals surface area contributed by atoms with E-state index in [4.69, 9.17) is 15.4 Å². The summed E-state index contributed by atoms with van der Waals surface area (Å²) < 4.78 is 23.8. The molecule has 1 aromatic rings. The number of rotatable bonds is 4. The van der Waals surface area contributed by atoms with Crippen molar-refractivity contribution in [2.75, 3.05) is 14.2 Å². The van der Waals surface area contributed by atoms with E-state index in [1.54, 1.807) is 0 Å². The summed E-state index contributed by atoms with van der Waals surface area (Å²) in [6.45, 7) is 0.110. The fraction of sp³-hybridized carbons (Fsp3) is 0.333. The lowest BCUT2D eigenvalue weighted by molar-refractivity contribution is 0.121. The molecule has 0 bridgehead atoms. The van der Waals surface area contributed by atoms with Gasteiger partial charge < -0.3 is 9.47 Å². The molecule has 0 aliphatic rings. The first-order chi connectivity index (χ1) is 7.15. The highest BCUT2D eigenvalue weighted by Crippen LogP contribution is 2.38. The Bertz CT molecular complexity index is 360. The van der Waals surface area contributed by atoms with Crippen LogP contribution in [0.25, 0.3) is 0 Å². The molecule has 15 heavy (non-hydrogen) atoms. The fourth-order valence-electron chi connectivity index (χ4n) is 1.24. The number of halogens is 2. The number of ether oxygens (including phenoxy) is 2. The summed E-state index contributed by atoms with van der Waals surface area (Å²) >= 11 is 3.06. The zero-order valence-electron chi connectivity index (χ0n) is 8.34. The minimum absolute atomic E-state index is 0.0268. The summed E-state index contributed by atoms with van der Waals surface area (Å²) in [4.78, 5) is 4.49. The van der Waals surface area contributed by atoms with Gasteiger partial charge in [-0.05, 0) is 22.0 Å². The molecule has 0 aliphatic carbocycles. The third-order valence-electron chi connectivity index (χ3n) is 1.85. The molecule has 84 valence electrons. The van der Waals surface area contributed by atoms with E-state index in [9.17, 15) is 4.39 Å². The van der Waals surface area contributed by atoms with Crippen LogP contribution in [0.5, 0.6) is 11.5 Å². The maximum absolute atomic E-state index is 13.5. The SMILES string of the molecule is COc1c(CON)cc(Br)c(F)c1OC. The van der Waals surface area contributed by atoms with Gasteiger partial charge in [-0.15, -0.1) is 0 Å². The highest BCUT2D eigenvalue weighted by Gasteiger charge is 2.18. The zero-order chi connectivity index (χ0) is 11.4. The van der Waals surface area contributed by atoms with Crippen LogP contribution in [0.2, 0.25) is 0 Å². The van der Waals surface area contributed by atoms with Gasteiger partial charge >= 0.3 is 0 Å². The molecule has 4 nitrogen and oxygen atoms in total. The van der Waals surface area contributed by atoms with Gasteiger partial charge in [0.2, 0.25) is 0 Å². The van der Waals surface area contributed by atoms with Crippen LogP contribution >= 0.6 is 15.9 Å². The zero-order valence-corrected chi connectivity index (χ0v) is 9.93. The van der Waals surface area contributed by atoms with Crippen LogP contribution < -0.4 is 15.4 Å². The summed E-state index contributed by atoms with van der Waals surface area (Å²) in [5.41, 5.74) is 0.602. The maximum Gasteiger partial charge on any atom is 0.198 e. The van der Waals surface area contributed by atoms with Gasteiger partial charge in [0, 0.05) is 5.56 Å². The normalized spacial score (nSPS) is 10.2. The summed E-state index contributed by atoms with van der Waals surface area (Å²) in [7, 11) is 2.78. The topological polar surface area (TPSA) is 53.7 Å². The van der Waals surface area contributed by atoms with Crippen LogP contribution in [0.3, 0.4) is 0 Å². The van der Waals surface area contributed by atoms with E-state index in [-0.39, 0.29) is 22.6 Å². The largest absolute Gasteiger partial charge is 0.492 e. The Morgan fingerprint density at radius 3 is 2.40 bits per heavy atom. The van der Waals surface area contributed by atoms with Crippen molar-refractivity contribution in [2.24, 2.45) is 5.90 Å². The van der Waals surface area contributed by atoms with E-state index in [0.717, 1.165) is 0 Å². The van der Waals surface area contributed by atoms with Crippen LogP contribution in [-0.4, -0.2) is 14.2 Å². The van der Waals surface area contributed by atoms with Gasteiger partial charge in [0.25, 0.3) is 0 Å². The van der Waals surface area contributed by atoms with Gasteiger partial charge in [0.1, 0.15) is 0 Å². The highest BCUT2D eigenvalue weighted by molar-refractivity contribution is 9.10. The number of hydrogen-bond acceptors (Lipinski definition) is 4. The molecule has 6 heteroatoms. The van der Waals surface area contributed by atoms with Crippen LogP contribution in [0.1, 0.15) is 5.56 Å². The monoisotopic (exact) mass is 279 g/mol. The van der Waals surface area contributed by atoms with E-state index in [1.165, 1.54) is 20.3 Å². The van der Waals surface area contributed by atoms with Gasteiger partial charge in [0.15, 0.2) is 17.3 Å². The van der Waals surface area contributed by atoms with Crippen molar-refractivity contribution in [1.29, 1.82) is 0 Å². The first-order valence-electron chi connectivity index (χ1n) is 4.06. The maximum atomic E-state index is 13.5. The van der Waals surface area contributed by atoms with E-state index < -0.39 is 5.82 Å². The molecule has 0 saturated carbocycles. The first-order valence-corrected chi connectivity index (χ1v) is 4.85. The molecule has 2 N–H and O–H groups in total. The quantitative estimate of drug-likeness (QED) is 0.857. The number of hydrogen-bond donors (Lipinski definition) is 1. The summed E-state index contributed by atoms with van der Waals surface area (Å²) in [5.74, 6) is 4.75. The van der Waals surface area contributed by atoms with Crippen LogP contribution in [0.4, 0.5) is 4.39 Å². The molecule has 0 saturated heterocycles. The van der Waals surface area contributed by atoms with Crippen molar-refractivity contribution in [3.8, 4) is 11.5 Å². The Balaban J connectivity index is 3.33. The number of benzene rings is 1. The van der Waals surface area contributed by atoms with Crippen LogP contribution in [0.15, 0.2) is 10.5 Å². The predicted molar refractivity (Wildman–Crippen MR) is 56.2 cm³/mol. The molecular weight excluding hydrogens is 269 g/mol. The molecule has 0 radical (unpaired) electrons. The van der Waals surface area contributed by atoms with Crippen LogP contribution in [-0.2, 0) is 11.4 Å². The molecule has 0 heterocycles. The highest BCUT2D eigenvalue weighted by atomic mass is 79.9. The van der Waals surface area contributed by atoms with Gasteiger partial charge in [0.05, 0.1) is 25.3 Å². The molecular formula is C9H11BrFNO3. The predicted octanol–water partition coefficient (Wildman–Crippen LogP) is 2.00. The Labute approximate surface area is 95.2 Å². The van der Waals surface area contributed by atoms with E-state index in [0.29, 0.717) is 5.56 Å². The van der Waals surface area contributed by atoms with Crippen LogP contribution in [0, 0.1) is 5.82 Å². The van der Waals surface area contributed by atoms with Crippen molar-refractivity contribution in [3.05, 3.63) is 21.9 Å². The Hall–Kier alpha value is -0.850. The molecule has 1 rings (SSSR count). The number of nitrogens with two attached hydrogens (primary N) is 1. The minimum Gasteiger partial charge on any atom is -0.492 e. The Kier molecular flexibility index (Phi) is 4.31. The van der Waals surface area contributed by atoms with E-state index in [1.807, 2.05) is 0 Å². The van der Waals surface area contributed by atoms with Gasteiger partial charge in [-0.2, -0.15) is 0 Å². The summed E-state index contributed by atoms with van der Waals surface area (Å²) in [6.07, 6.45) is 0. The number of methoxy groups -OCH3 is 2. The van der Waals surface area contributed by atoms with Crippen molar-refractivity contribution in [2.45, 2.75) is 6.61 Å². The fourth-order valence-corrected chi connectivity index (χ4v) is 1.70. The first kappa shape index (κ1) is 12.2. The average molecular weight is 280 g/mol. The standard InChI is InChI=1S/C9H11BrFNO3/c1-13-8-5(4-15-12)3-6(10)7(11)9(8)14-2/h3H,4,12H2,1-2H3. The summed E-state index contributed by atoms with van der Waals surface area (Å²) in [6, 6.07) is 1.53. The molecule has 0 spiro atoms. The molecule has 0 aromatic heterocycles. The van der Waals surface area contributed by atoms with Gasteiger partial charge in [-0.3, -0.25) is 4.84 Å². The van der Waals surface area contributed by atoms with Crippen molar-refractivity contribution in [3.63, 3.8) is 0 Å². The lowest BCUT2D eigenvalue weighted by Gasteiger charge is -2.13. The van der Waals surface area contributed by atoms with Crippen molar-refractivity contribution < 1.29 is 18.7 Å². The molecule has 0 atom stereocenters. The molecule has 0 amide bonds. The molecule has 1 aromatic carbocycles. The van der Waals surface area contributed by atoms with Gasteiger partial charge in [-0.25, -0.2) is 10.3 Å². The van der Waals surface area contributed by atoms with Crippen molar-refractivity contribution in [1.82, 2.24) is 0 Å². The lowest BCUT2D eigenvalue weighted by atomic mass is 10.2. The second kappa shape index (κ2) is 5.29. The smallest absolute Gasteiger partial charge is 0.198 e.